The quantitative estimate of drug-likeness (QED) is 0.696. The summed E-state index contributed by atoms with van der Waals surface area (Å²) >= 11 is 0. The van der Waals surface area contributed by atoms with Crippen molar-refractivity contribution in [3.05, 3.63) is 65.4 Å². The van der Waals surface area contributed by atoms with Crippen LogP contribution in [0.2, 0.25) is 0 Å². The van der Waals surface area contributed by atoms with Crippen molar-refractivity contribution in [2.45, 2.75) is 6.54 Å². The first-order valence-electron chi connectivity index (χ1n) is 7.60. The average molecular weight is 355 g/mol. The Labute approximate surface area is 147 Å². The number of carbonyl (C=O) groups is 2. The summed E-state index contributed by atoms with van der Waals surface area (Å²) in [6.45, 7) is 0.0913. The Kier molecular flexibility index (Phi) is 4.74. The molecule has 0 aliphatic heterocycles. The lowest BCUT2D eigenvalue weighted by molar-refractivity contribution is 0.0596. The number of ether oxygens (including phenoxy) is 1. The molecule has 8 heteroatoms. The van der Waals surface area contributed by atoms with Gasteiger partial charge in [0.15, 0.2) is 17.1 Å². The molecule has 1 amide bonds. The van der Waals surface area contributed by atoms with Gasteiger partial charge in [0.25, 0.3) is 5.91 Å². The minimum atomic E-state index is -0.754. The molecule has 0 radical (unpaired) electrons. The zero-order valence-corrected chi connectivity index (χ0v) is 13.7. The van der Waals surface area contributed by atoms with Gasteiger partial charge in [-0.05, 0) is 29.8 Å². The van der Waals surface area contributed by atoms with Gasteiger partial charge in [-0.2, -0.15) is 0 Å². The molecule has 0 unspecified atom stereocenters. The van der Waals surface area contributed by atoms with Crippen LogP contribution in [0.1, 0.15) is 26.5 Å². The molecule has 0 aliphatic carbocycles. The standard InChI is InChI=1S/C18H14FN3O4/c1-26-18(25)14-12-3-2-8-20-13(12)16(23)15(22-14)17(24)21-9-10-4-6-11(19)7-5-10/h2-8,23H,9H2,1H3,(H,21,24). The highest BCUT2D eigenvalue weighted by molar-refractivity contribution is 6.07. The predicted molar refractivity (Wildman–Crippen MR) is 90.1 cm³/mol. The van der Waals surface area contributed by atoms with Crippen LogP contribution in [0.5, 0.6) is 5.75 Å². The zero-order valence-electron chi connectivity index (χ0n) is 13.7. The van der Waals surface area contributed by atoms with Crippen molar-refractivity contribution >= 4 is 22.8 Å². The molecule has 132 valence electrons. The van der Waals surface area contributed by atoms with E-state index in [1.165, 1.54) is 37.6 Å². The number of fused-ring (bicyclic) bond motifs is 1. The number of nitrogens with one attached hydrogen (secondary N) is 1. The van der Waals surface area contributed by atoms with Gasteiger partial charge in [-0.3, -0.25) is 9.78 Å². The van der Waals surface area contributed by atoms with Crippen LogP contribution in [0.4, 0.5) is 4.39 Å². The first kappa shape index (κ1) is 17.3. The highest BCUT2D eigenvalue weighted by Crippen LogP contribution is 2.28. The largest absolute Gasteiger partial charge is 0.504 e. The summed E-state index contributed by atoms with van der Waals surface area (Å²) in [5, 5.41) is 13.2. The number of rotatable bonds is 4. The summed E-state index contributed by atoms with van der Waals surface area (Å²) in [7, 11) is 1.19. The lowest BCUT2D eigenvalue weighted by Crippen LogP contribution is -2.25. The number of methoxy groups -OCH3 is 1. The number of hydrogen-bond donors (Lipinski definition) is 2. The van der Waals surface area contributed by atoms with E-state index >= 15 is 0 Å². The maximum atomic E-state index is 12.9. The number of amides is 1. The number of aromatic nitrogens is 2. The minimum Gasteiger partial charge on any atom is -0.504 e. The van der Waals surface area contributed by atoms with E-state index in [4.69, 9.17) is 0 Å². The van der Waals surface area contributed by atoms with Gasteiger partial charge in [0.2, 0.25) is 0 Å². The van der Waals surface area contributed by atoms with Crippen molar-refractivity contribution in [2.75, 3.05) is 7.11 Å². The van der Waals surface area contributed by atoms with Crippen molar-refractivity contribution in [2.24, 2.45) is 0 Å². The van der Waals surface area contributed by atoms with E-state index in [2.05, 4.69) is 20.0 Å². The molecular weight excluding hydrogens is 341 g/mol. The van der Waals surface area contributed by atoms with Crippen molar-refractivity contribution < 1.29 is 23.8 Å². The van der Waals surface area contributed by atoms with Gasteiger partial charge in [-0.1, -0.05) is 12.1 Å². The Morgan fingerprint density at radius 3 is 2.62 bits per heavy atom. The zero-order chi connectivity index (χ0) is 18.7. The predicted octanol–water partition coefficient (Wildman–Crippen LogP) is 2.19. The third-order valence-electron chi connectivity index (χ3n) is 3.70. The van der Waals surface area contributed by atoms with Crippen molar-refractivity contribution in [3.63, 3.8) is 0 Å². The molecule has 0 saturated carbocycles. The summed E-state index contributed by atoms with van der Waals surface area (Å²) < 4.78 is 17.6. The van der Waals surface area contributed by atoms with Gasteiger partial charge >= 0.3 is 5.97 Å². The molecule has 7 nitrogen and oxygen atoms in total. The van der Waals surface area contributed by atoms with Crippen LogP contribution in [-0.2, 0) is 11.3 Å². The molecule has 2 aromatic heterocycles. The number of aromatic hydroxyl groups is 1. The minimum absolute atomic E-state index is 0.0647. The fourth-order valence-corrected chi connectivity index (χ4v) is 2.40. The van der Waals surface area contributed by atoms with E-state index < -0.39 is 17.6 Å². The van der Waals surface area contributed by atoms with Gasteiger partial charge in [-0.15, -0.1) is 0 Å². The fourth-order valence-electron chi connectivity index (χ4n) is 2.40. The van der Waals surface area contributed by atoms with E-state index in [9.17, 15) is 19.1 Å². The Morgan fingerprint density at radius 2 is 1.92 bits per heavy atom. The number of hydrogen-bond acceptors (Lipinski definition) is 6. The second kappa shape index (κ2) is 7.14. The van der Waals surface area contributed by atoms with Crippen LogP contribution >= 0.6 is 0 Å². The monoisotopic (exact) mass is 355 g/mol. The molecule has 0 fully saturated rings. The number of pyridine rings is 2. The molecule has 0 spiro atoms. The molecule has 1 aromatic carbocycles. The maximum absolute atomic E-state index is 12.9. The SMILES string of the molecule is COC(=O)c1nc(C(=O)NCc2ccc(F)cc2)c(O)c2ncccc12. The van der Waals surface area contributed by atoms with Crippen molar-refractivity contribution in [3.8, 4) is 5.75 Å². The molecule has 3 aromatic rings. The summed E-state index contributed by atoms with van der Waals surface area (Å²) in [5.74, 6) is -2.28. The number of carbonyl (C=O) groups excluding carboxylic acids is 2. The van der Waals surface area contributed by atoms with Crippen LogP contribution in [0.3, 0.4) is 0 Å². The number of benzene rings is 1. The highest BCUT2D eigenvalue weighted by atomic mass is 19.1. The third kappa shape index (κ3) is 3.30. The van der Waals surface area contributed by atoms with Crippen LogP contribution < -0.4 is 5.32 Å². The van der Waals surface area contributed by atoms with E-state index in [-0.39, 0.29) is 34.7 Å². The van der Waals surface area contributed by atoms with Gasteiger partial charge in [0.1, 0.15) is 11.3 Å². The topological polar surface area (TPSA) is 101 Å². The average Bonchev–Trinajstić information content (AvgIpc) is 2.67. The molecule has 0 atom stereocenters. The molecule has 3 rings (SSSR count). The van der Waals surface area contributed by atoms with Crippen molar-refractivity contribution in [1.29, 1.82) is 0 Å². The van der Waals surface area contributed by atoms with Gasteiger partial charge in [0, 0.05) is 18.1 Å². The summed E-state index contributed by atoms with van der Waals surface area (Å²) in [6.07, 6.45) is 1.42. The Bertz CT molecular complexity index is 990. The first-order valence-corrected chi connectivity index (χ1v) is 7.60. The molecule has 0 aliphatic rings. The Hall–Kier alpha value is -3.55. The highest BCUT2D eigenvalue weighted by Gasteiger charge is 2.23. The van der Waals surface area contributed by atoms with Gasteiger partial charge in [0.05, 0.1) is 7.11 Å². The van der Waals surface area contributed by atoms with E-state index in [0.29, 0.717) is 5.56 Å². The number of nitrogens with zero attached hydrogens (tertiary/aromatic N) is 2. The van der Waals surface area contributed by atoms with Crippen LogP contribution in [0, 0.1) is 5.82 Å². The van der Waals surface area contributed by atoms with Crippen LogP contribution in [0.25, 0.3) is 10.9 Å². The first-order chi connectivity index (χ1) is 12.5. The second-order valence-electron chi connectivity index (χ2n) is 5.36. The smallest absolute Gasteiger partial charge is 0.357 e. The van der Waals surface area contributed by atoms with Gasteiger partial charge in [-0.25, -0.2) is 14.2 Å². The van der Waals surface area contributed by atoms with Crippen LogP contribution in [0.15, 0.2) is 42.6 Å². The third-order valence-corrected chi connectivity index (χ3v) is 3.70. The summed E-state index contributed by atoms with van der Waals surface area (Å²) in [5.41, 5.74) is 0.250. The second-order valence-corrected chi connectivity index (χ2v) is 5.36. The molecule has 0 bridgehead atoms. The number of halogens is 1. The van der Waals surface area contributed by atoms with Gasteiger partial charge < -0.3 is 15.2 Å². The van der Waals surface area contributed by atoms with Crippen molar-refractivity contribution in [1.82, 2.24) is 15.3 Å². The van der Waals surface area contributed by atoms with Crippen LogP contribution in [-0.4, -0.2) is 34.1 Å². The fraction of sp³-hybridized carbons (Fsp3) is 0.111. The Balaban J connectivity index is 1.95. The Morgan fingerprint density at radius 1 is 1.19 bits per heavy atom. The molecular formula is C18H14FN3O4. The molecule has 0 saturated heterocycles. The van der Waals surface area contributed by atoms with E-state index in [0.717, 1.165) is 0 Å². The van der Waals surface area contributed by atoms with E-state index in [1.54, 1.807) is 12.1 Å². The summed E-state index contributed by atoms with van der Waals surface area (Å²) in [4.78, 5) is 32.4. The molecule has 2 heterocycles. The lowest BCUT2D eigenvalue weighted by Gasteiger charge is -2.10. The molecule has 2 N–H and O–H groups in total. The number of esters is 1. The molecule has 26 heavy (non-hydrogen) atoms. The van der Waals surface area contributed by atoms with E-state index in [1.807, 2.05) is 0 Å². The normalized spacial score (nSPS) is 10.5. The lowest BCUT2D eigenvalue weighted by atomic mass is 10.1. The maximum Gasteiger partial charge on any atom is 0.357 e. The summed E-state index contributed by atoms with van der Waals surface area (Å²) in [6, 6.07) is 8.69.